The Hall–Kier alpha value is -3.79. The Bertz CT molecular complexity index is 1240. The summed E-state index contributed by atoms with van der Waals surface area (Å²) >= 11 is 0. The summed E-state index contributed by atoms with van der Waals surface area (Å²) in [7, 11) is -3.95. The molecule has 30 heavy (non-hydrogen) atoms. The normalized spacial score (nSPS) is 11.0. The molecule has 0 aliphatic carbocycles. The van der Waals surface area contributed by atoms with Crippen LogP contribution in [-0.4, -0.2) is 19.2 Å². The number of nitrogens with zero attached hydrogens (tertiary/aromatic N) is 1. The van der Waals surface area contributed by atoms with Crippen LogP contribution in [0.15, 0.2) is 71.6 Å². The van der Waals surface area contributed by atoms with E-state index in [0.29, 0.717) is 5.69 Å². The van der Waals surface area contributed by atoms with Crippen LogP contribution in [0, 0.1) is 22.9 Å². The summed E-state index contributed by atoms with van der Waals surface area (Å²) in [5.41, 5.74) is 0.472. The number of sulfonamides is 1. The van der Waals surface area contributed by atoms with E-state index in [4.69, 9.17) is 0 Å². The molecule has 0 radical (unpaired) electrons. The third-order valence-electron chi connectivity index (χ3n) is 4.08. The third kappa shape index (κ3) is 4.78. The quantitative estimate of drug-likeness (QED) is 0.452. The molecule has 3 aromatic carbocycles. The zero-order chi connectivity index (χ0) is 21.9. The van der Waals surface area contributed by atoms with E-state index in [9.17, 15) is 27.7 Å². The molecule has 0 aliphatic heterocycles. The Kier molecular flexibility index (Phi) is 5.79. The molecule has 0 aromatic heterocycles. The van der Waals surface area contributed by atoms with Gasteiger partial charge in [0.2, 0.25) is 5.82 Å². The van der Waals surface area contributed by atoms with Crippen LogP contribution in [0.25, 0.3) is 0 Å². The van der Waals surface area contributed by atoms with Crippen molar-refractivity contribution in [1.29, 1.82) is 0 Å². The first-order valence-corrected chi connectivity index (χ1v) is 10.1. The van der Waals surface area contributed by atoms with E-state index >= 15 is 0 Å². The van der Waals surface area contributed by atoms with Gasteiger partial charge in [0, 0.05) is 23.0 Å². The van der Waals surface area contributed by atoms with Crippen molar-refractivity contribution in [2.75, 3.05) is 10.0 Å². The molecule has 1 amide bonds. The molecule has 0 atom stereocenters. The van der Waals surface area contributed by atoms with E-state index in [1.165, 1.54) is 30.3 Å². The zero-order valence-electron chi connectivity index (χ0n) is 15.6. The van der Waals surface area contributed by atoms with E-state index < -0.39 is 32.4 Å². The van der Waals surface area contributed by atoms with Crippen molar-refractivity contribution in [3.63, 3.8) is 0 Å². The molecule has 8 nitrogen and oxygen atoms in total. The molecule has 154 valence electrons. The summed E-state index contributed by atoms with van der Waals surface area (Å²) in [5, 5.41) is 13.2. The molecule has 0 unspecified atom stereocenters. The summed E-state index contributed by atoms with van der Waals surface area (Å²) in [6, 6.07) is 15.0. The summed E-state index contributed by atoms with van der Waals surface area (Å²) in [6.07, 6.45) is 0. The Morgan fingerprint density at radius 3 is 2.43 bits per heavy atom. The van der Waals surface area contributed by atoms with Gasteiger partial charge in [-0.1, -0.05) is 18.2 Å². The van der Waals surface area contributed by atoms with E-state index in [2.05, 4.69) is 10.0 Å². The number of amides is 1. The van der Waals surface area contributed by atoms with Crippen molar-refractivity contribution in [3.8, 4) is 0 Å². The van der Waals surface area contributed by atoms with Crippen molar-refractivity contribution < 1.29 is 22.5 Å². The molecule has 0 heterocycles. The number of hydrogen-bond acceptors (Lipinski definition) is 5. The Labute approximate surface area is 171 Å². The molecule has 2 N–H and O–H groups in total. The summed E-state index contributed by atoms with van der Waals surface area (Å²) in [4.78, 5) is 22.3. The summed E-state index contributed by atoms with van der Waals surface area (Å²) < 4.78 is 41.2. The van der Waals surface area contributed by atoms with Gasteiger partial charge in [-0.15, -0.1) is 0 Å². The average molecular weight is 429 g/mol. The number of aryl methyl sites for hydroxylation is 1. The van der Waals surface area contributed by atoms with Crippen LogP contribution in [0.4, 0.5) is 21.5 Å². The number of rotatable bonds is 6. The molecular weight excluding hydrogens is 413 g/mol. The highest BCUT2D eigenvalue weighted by Crippen LogP contribution is 2.23. The van der Waals surface area contributed by atoms with Gasteiger partial charge < -0.3 is 5.32 Å². The average Bonchev–Trinajstić information content (AvgIpc) is 2.69. The number of anilines is 2. The number of benzene rings is 3. The van der Waals surface area contributed by atoms with Crippen LogP contribution in [0.2, 0.25) is 0 Å². The van der Waals surface area contributed by atoms with Gasteiger partial charge in [-0.2, -0.15) is 4.39 Å². The maximum atomic E-state index is 13.4. The topological polar surface area (TPSA) is 118 Å². The van der Waals surface area contributed by atoms with Gasteiger partial charge in [0.15, 0.2) is 0 Å². The lowest BCUT2D eigenvalue weighted by Crippen LogP contribution is -2.16. The molecule has 3 aromatic rings. The fourth-order valence-corrected chi connectivity index (χ4v) is 3.76. The molecular formula is C20H16FN3O5S. The van der Waals surface area contributed by atoms with Crippen LogP contribution in [0.3, 0.4) is 0 Å². The first-order valence-electron chi connectivity index (χ1n) is 8.60. The SMILES string of the molecule is Cc1cccc(NS(=O)(=O)c2cccc(C(=O)Nc3ccc(F)c([N+](=O)[O-])c3)c2)c1. The number of nitro groups is 1. The van der Waals surface area contributed by atoms with Crippen LogP contribution in [0.1, 0.15) is 15.9 Å². The molecule has 0 saturated heterocycles. The van der Waals surface area contributed by atoms with Crippen LogP contribution < -0.4 is 10.0 Å². The molecule has 3 rings (SSSR count). The van der Waals surface area contributed by atoms with Crippen LogP contribution in [0.5, 0.6) is 0 Å². The highest BCUT2D eigenvalue weighted by atomic mass is 32.2. The lowest BCUT2D eigenvalue weighted by Gasteiger charge is -2.10. The summed E-state index contributed by atoms with van der Waals surface area (Å²) in [6.45, 7) is 1.82. The van der Waals surface area contributed by atoms with E-state index in [-0.39, 0.29) is 16.1 Å². The van der Waals surface area contributed by atoms with Crippen LogP contribution in [-0.2, 0) is 10.0 Å². The van der Waals surface area contributed by atoms with Gasteiger partial charge in [-0.25, -0.2) is 8.42 Å². The summed E-state index contributed by atoms with van der Waals surface area (Å²) in [5.74, 6) is -1.74. The van der Waals surface area contributed by atoms with Gasteiger partial charge >= 0.3 is 5.69 Å². The van der Waals surface area contributed by atoms with Crippen molar-refractivity contribution in [2.45, 2.75) is 11.8 Å². The predicted octanol–water partition coefficient (Wildman–Crippen LogP) is 4.10. The molecule has 0 bridgehead atoms. The number of carbonyl (C=O) groups excluding carboxylic acids is 1. The minimum absolute atomic E-state index is 0.000698. The monoisotopic (exact) mass is 429 g/mol. The largest absolute Gasteiger partial charge is 0.322 e. The second-order valence-electron chi connectivity index (χ2n) is 6.38. The van der Waals surface area contributed by atoms with E-state index in [1.54, 1.807) is 18.2 Å². The lowest BCUT2D eigenvalue weighted by atomic mass is 10.2. The minimum Gasteiger partial charge on any atom is -0.322 e. The second kappa shape index (κ2) is 8.29. The number of nitro benzene ring substituents is 1. The van der Waals surface area contributed by atoms with Crippen molar-refractivity contribution in [2.24, 2.45) is 0 Å². The molecule has 0 aliphatic rings. The standard InChI is InChI=1S/C20H16FN3O5S/c1-13-4-2-6-16(10-13)23-30(28,29)17-7-3-5-14(11-17)20(25)22-15-8-9-18(21)19(12-15)24(26)27/h2-12,23H,1H3,(H,22,25). The fourth-order valence-electron chi connectivity index (χ4n) is 2.66. The second-order valence-corrected chi connectivity index (χ2v) is 8.06. The first kappa shape index (κ1) is 20.9. The Morgan fingerprint density at radius 2 is 1.73 bits per heavy atom. The van der Waals surface area contributed by atoms with Gasteiger partial charge in [-0.05, 0) is 55.0 Å². The van der Waals surface area contributed by atoms with Crippen molar-refractivity contribution >= 4 is 33.0 Å². The third-order valence-corrected chi connectivity index (χ3v) is 5.46. The van der Waals surface area contributed by atoms with Crippen molar-refractivity contribution in [3.05, 3.63) is 93.8 Å². The zero-order valence-corrected chi connectivity index (χ0v) is 16.4. The maximum absolute atomic E-state index is 13.4. The molecule has 0 spiro atoms. The fraction of sp³-hybridized carbons (Fsp3) is 0.0500. The molecule has 0 fully saturated rings. The van der Waals surface area contributed by atoms with Gasteiger partial charge in [0.05, 0.1) is 9.82 Å². The van der Waals surface area contributed by atoms with Crippen molar-refractivity contribution in [1.82, 2.24) is 0 Å². The van der Waals surface area contributed by atoms with Gasteiger partial charge in [0.1, 0.15) is 0 Å². The highest BCUT2D eigenvalue weighted by Gasteiger charge is 2.18. The number of carbonyl (C=O) groups is 1. The smallest absolute Gasteiger partial charge is 0.306 e. The maximum Gasteiger partial charge on any atom is 0.306 e. The van der Waals surface area contributed by atoms with E-state index in [1.807, 2.05) is 13.0 Å². The van der Waals surface area contributed by atoms with Crippen LogP contribution >= 0.6 is 0 Å². The highest BCUT2D eigenvalue weighted by molar-refractivity contribution is 7.92. The van der Waals surface area contributed by atoms with Gasteiger partial charge in [-0.3, -0.25) is 19.6 Å². The number of hydrogen-bond donors (Lipinski definition) is 2. The Balaban J connectivity index is 1.83. The number of halogens is 1. The Morgan fingerprint density at radius 1 is 1.00 bits per heavy atom. The lowest BCUT2D eigenvalue weighted by molar-refractivity contribution is -0.387. The molecule has 0 saturated carbocycles. The van der Waals surface area contributed by atoms with Gasteiger partial charge in [0.25, 0.3) is 15.9 Å². The van der Waals surface area contributed by atoms with E-state index in [0.717, 1.165) is 17.7 Å². The first-order chi connectivity index (χ1) is 14.2. The minimum atomic E-state index is -3.95. The predicted molar refractivity (Wildman–Crippen MR) is 109 cm³/mol. The number of nitrogens with one attached hydrogen (secondary N) is 2. The molecule has 10 heteroatoms.